The van der Waals surface area contributed by atoms with Crippen molar-refractivity contribution in [1.82, 2.24) is 4.90 Å². The number of hydrogen-bond donors (Lipinski definition) is 1. The molecule has 0 saturated carbocycles. The number of ether oxygens (including phenoxy) is 2. The van der Waals surface area contributed by atoms with E-state index in [-0.39, 0.29) is 16.6 Å². The van der Waals surface area contributed by atoms with Crippen LogP contribution in [-0.2, 0) is 16.2 Å². The van der Waals surface area contributed by atoms with Crippen LogP contribution in [-0.4, -0.2) is 44.3 Å². The van der Waals surface area contributed by atoms with E-state index in [1.165, 1.54) is 12.1 Å². The number of aliphatic carboxylic acids is 1. The second-order valence-electron chi connectivity index (χ2n) is 6.64. The quantitative estimate of drug-likeness (QED) is 0.146. The molecule has 0 unspecified atom stereocenters. The number of non-ortho nitro benzene ring substituents is 1. The number of thiocarbonyl (C=S) groups is 1. The molecule has 0 spiro atoms. The van der Waals surface area contributed by atoms with Crippen LogP contribution in [0.4, 0.5) is 5.69 Å². The lowest BCUT2D eigenvalue weighted by molar-refractivity contribution is -0.384. The number of rotatable bonds is 9. The molecular weight excluding hydrogens is 583 g/mol. The SMILES string of the molecule is CCOc1cc(/C=C2\SC(=S)N(CC(=O)O)C2=O)cc(I)c1OCc1ccc([N+](=O)[O-])cc1. The molecule has 2 aromatic carbocycles. The van der Waals surface area contributed by atoms with E-state index in [0.29, 0.717) is 28.6 Å². The number of nitro groups is 1. The summed E-state index contributed by atoms with van der Waals surface area (Å²) in [5.41, 5.74) is 1.42. The van der Waals surface area contributed by atoms with Gasteiger partial charge in [0.15, 0.2) is 11.5 Å². The van der Waals surface area contributed by atoms with Crippen LogP contribution >= 0.6 is 46.6 Å². The number of halogens is 1. The maximum absolute atomic E-state index is 12.5. The maximum Gasteiger partial charge on any atom is 0.323 e. The number of thioether (sulfide) groups is 1. The van der Waals surface area contributed by atoms with Gasteiger partial charge in [0.25, 0.3) is 11.6 Å². The molecule has 12 heteroatoms. The summed E-state index contributed by atoms with van der Waals surface area (Å²) >= 11 is 8.26. The Morgan fingerprint density at radius 2 is 2.00 bits per heavy atom. The molecule has 0 atom stereocenters. The molecule has 0 aliphatic carbocycles. The summed E-state index contributed by atoms with van der Waals surface area (Å²) in [6.45, 7) is 1.91. The van der Waals surface area contributed by atoms with Crippen LogP contribution in [0.5, 0.6) is 11.5 Å². The molecule has 2 aromatic rings. The molecular formula is C21H17IN2O7S2. The van der Waals surface area contributed by atoms with Gasteiger partial charge in [-0.05, 0) is 71.0 Å². The van der Waals surface area contributed by atoms with Crippen molar-refractivity contribution in [3.8, 4) is 11.5 Å². The van der Waals surface area contributed by atoms with Crippen LogP contribution in [0.2, 0.25) is 0 Å². The molecule has 1 fully saturated rings. The van der Waals surface area contributed by atoms with Gasteiger partial charge in [-0.2, -0.15) is 0 Å². The van der Waals surface area contributed by atoms with Gasteiger partial charge in [0.1, 0.15) is 17.5 Å². The van der Waals surface area contributed by atoms with Crippen molar-refractivity contribution in [2.24, 2.45) is 0 Å². The zero-order chi connectivity index (χ0) is 24.1. The summed E-state index contributed by atoms with van der Waals surface area (Å²) in [4.78, 5) is 35.2. The second kappa shape index (κ2) is 10.9. The molecule has 1 saturated heterocycles. The van der Waals surface area contributed by atoms with E-state index in [9.17, 15) is 19.7 Å². The van der Waals surface area contributed by atoms with Crippen LogP contribution in [0.3, 0.4) is 0 Å². The van der Waals surface area contributed by atoms with Crippen molar-refractivity contribution in [2.45, 2.75) is 13.5 Å². The Kier molecular flexibility index (Phi) is 8.26. The number of nitrogens with zero attached hydrogens (tertiary/aromatic N) is 2. The van der Waals surface area contributed by atoms with E-state index >= 15 is 0 Å². The van der Waals surface area contributed by atoms with Crippen LogP contribution < -0.4 is 9.47 Å². The molecule has 9 nitrogen and oxygen atoms in total. The standard InChI is InChI=1S/C21H17IN2O7S2/c1-2-30-16-8-13(9-17-20(27)23(10-18(25)26)21(32)33-17)7-15(22)19(16)31-11-12-3-5-14(6-4-12)24(28)29/h3-9H,2,10-11H2,1H3,(H,25,26)/b17-9-. The number of carbonyl (C=O) groups excluding carboxylic acids is 1. The van der Waals surface area contributed by atoms with Gasteiger partial charge in [-0.15, -0.1) is 0 Å². The third kappa shape index (κ3) is 6.21. The first-order valence-electron chi connectivity index (χ1n) is 9.49. The predicted octanol–water partition coefficient (Wildman–Crippen LogP) is 4.46. The van der Waals surface area contributed by atoms with E-state index in [1.54, 1.807) is 30.3 Å². The highest BCUT2D eigenvalue weighted by Gasteiger charge is 2.33. The van der Waals surface area contributed by atoms with E-state index in [4.69, 9.17) is 26.8 Å². The summed E-state index contributed by atoms with van der Waals surface area (Å²) in [7, 11) is 0. The number of nitro benzene ring substituents is 1. The minimum Gasteiger partial charge on any atom is -0.490 e. The zero-order valence-electron chi connectivity index (χ0n) is 17.1. The van der Waals surface area contributed by atoms with E-state index in [0.717, 1.165) is 25.8 Å². The maximum atomic E-state index is 12.5. The molecule has 1 aliphatic heterocycles. The topological polar surface area (TPSA) is 119 Å². The number of carbonyl (C=O) groups is 2. The second-order valence-corrected chi connectivity index (χ2v) is 9.47. The monoisotopic (exact) mass is 600 g/mol. The summed E-state index contributed by atoms with van der Waals surface area (Å²) in [5.74, 6) is -0.626. The Morgan fingerprint density at radius 3 is 2.61 bits per heavy atom. The van der Waals surface area contributed by atoms with Crippen molar-refractivity contribution in [3.63, 3.8) is 0 Å². The molecule has 0 radical (unpaired) electrons. The van der Waals surface area contributed by atoms with Gasteiger partial charge >= 0.3 is 5.97 Å². The van der Waals surface area contributed by atoms with Crippen LogP contribution in [0.25, 0.3) is 6.08 Å². The Bertz CT molecular complexity index is 1150. The summed E-state index contributed by atoms with van der Waals surface area (Å²) in [6, 6.07) is 9.60. The third-order valence-corrected chi connectivity index (χ3v) is 6.51. The summed E-state index contributed by atoms with van der Waals surface area (Å²) in [5, 5.41) is 19.8. The third-order valence-electron chi connectivity index (χ3n) is 4.33. The average molecular weight is 600 g/mol. The lowest BCUT2D eigenvalue weighted by Gasteiger charge is -2.15. The number of benzene rings is 2. The minimum atomic E-state index is -1.14. The van der Waals surface area contributed by atoms with Crippen LogP contribution in [0.15, 0.2) is 41.3 Å². The lowest BCUT2D eigenvalue weighted by atomic mass is 10.1. The number of amides is 1. The first kappa shape index (κ1) is 24.9. The first-order chi connectivity index (χ1) is 15.7. The molecule has 33 heavy (non-hydrogen) atoms. The highest BCUT2D eigenvalue weighted by atomic mass is 127. The van der Waals surface area contributed by atoms with Gasteiger partial charge in [-0.25, -0.2) is 0 Å². The fourth-order valence-electron chi connectivity index (χ4n) is 2.87. The summed E-state index contributed by atoms with van der Waals surface area (Å²) in [6.07, 6.45) is 1.63. The van der Waals surface area contributed by atoms with Gasteiger partial charge in [-0.1, -0.05) is 24.0 Å². The van der Waals surface area contributed by atoms with Gasteiger partial charge in [0.2, 0.25) is 0 Å². The van der Waals surface area contributed by atoms with Gasteiger partial charge < -0.3 is 14.6 Å². The average Bonchev–Trinajstić information content (AvgIpc) is 3.00. The van der Waals surface area contributed by atoms with Crippen molar-refractivity contribution in [1.29, 1.82) is 0 Å². The molecule has 0 bridgehead atoms. The van der Waals surface area contributed by atoms with Gasteiger partial charge in [-0.3, -0.25) is 24.6 Å². The van der Waals surface area contributed by atoms with Crippen molar-refractivity contribution >= 4 is 74.5 Å². The van der Waals surface area contributed by atoms with Gasteiger partial charge in [0, 0.05) is 12.1 Å². The Balaban J connectivity index is 1.83. The number of hydrogen-bond acceptors (Lipinski definition) is 8. The lowest BCUT2D eigenvalue weighted by Crippen LogP contribution is -2.33. The molecule has 1 N–H and O–H groups in total. The minimum absolute atomic E-state index is 0.00135. The molecule has 1 heterocycles. The highest BCUT2D eigenvalue weighted by molar-refractivity contribution is 14.1. The number of carboxylic acid groups (broad SMARTS) is 1. The molecule has 0 aromatic heterocycles. The predicted molar refractivity (Wildman–Crippen MR) is 135 cm³/mol. The van der Waals surface area contributed by atoms with Crippen molar-refractivity contribution in [2.75, 3.05) is 13.2 Å². The number of carboxylic acids is 1. The Labute approximate surface area is 212 Å². The zero-order valence-corrected chi connectivity index (χ0v) is 20.9. The molecule has 3 rings (SSSR count). The van der Waals surface area contributed by atoms with Crippen LogP contribution in [0, 0.1) is 13.7 Å². The summed E-state index contributed by atoms with van der Waals surface area (Å²) < 4.78 is 12.6. The fourth-order valence-corrected chi connectivity index (χ4v) is 4.90. The first-order valence-corrected chi connectivity index (χ1v) is 11.8. The van der Waals surface area contributed by atoms with E-state index < -0.39 is 23.3 Å². The smallest absolute Gasteiger partial charge is 0.323 e. The molecule has 172 valence electrons. The highest BCUT2D eigenvalue weighted by Crippen LogP contribution is 2.38. The fraction of sp³-hybridized carbons (Fsp3) is 0.190. The van der Waals surface area contributed by atoms with Crippen LogP contribution in [0.1, 0.15) is 18.1 Å². The largest absolute Gasteiger partial charge is 0.490 e. The Morgan fingerprint density at radius 1 is 1.30 bits per heavy atom. The molecule has 1 aliphatic rings. The van der Waals surface area contributed by atoms with Crippen molar-refractivity contribution in [3.05, 3.63) is 66.1 Å². The van der Waals surface area contributed by atoms with Crippen molar-refractivity contribution < 1.29 is 29.1 Å². The normalized spacial score (nSPS) is 14.6. The Hall–Kier alpha value is -2.71. The van der Waals surface area contributed by atoms with E-state index in [2.05, 4.69) is 22.6 Å². The van der Waals surface area contributed by atoms with E-state index in [1.807, 2.05) is 6.92 Å². The van der Waals surface area contributed by atoms with Gasteiger partial charge in [0.05, 0.1) is 20.0 Å². The molecule has 1 amide bonds.